The van der Waals surface area contributed by atoms with Crippen molar-refractivity contribution in [1.29, 1.82) is 0 Å². The number of hydrogen-bond donors (Lipinski definition) is 0. The first-order valence-corrected chi connectivity index (χ1v) is 12.1. The van der Waals surface area contributed by atoms with Crippen LogP contribution >= 0.6 is 11.3 Å². The molecule has 0 aromatic carbocycles. The fraction of sp³-hybridized carbons (Fsp3) is 0.733. The van der Waals surface area contributed by atoms with Gasteiger partial charge in [-0.3, -0.25) is 0 Å². The highest BCUT2D eigenvalue weighted by Gasteiger charge is 2.30. The predicted molar refractivity (Wildman–Crippen MR) is 101 cm³/mol. The van der Waals surface area contributed by atoms with Gasteiger partial charge in [0.1, 0.15) is 0 Å². The van der Waals surface area contributed by atoms with Crippen molar-refractivity contribution in [3.05, 3.63) is 15.8 Å². The number of rotatable bonds is 7. The minimum absolute atomic E-state index is 0.117. The van der Waals surface area contributed by atoms with Gasteiger partial charge in [-0.2, -0.15) is 4.31 Å². The van der Waals surface area contributed by atoms with Gasteiger partial charge in [0.15, 0.2) is 0 Å². The lowest BCUT2D eigenvalue weighted by Crippen LogP contribution is -2.49. The number of piperazine rings is 1. The van der Waals surface area contributed by atoms with Crippen molar-refractivity contribution >= 4 is 31.4 Å². The molecule has 2 rings (SSSR count). The van der Waals surface area contributed by atoms with Crippen LogP contribution in [0, 0.1) is 13.8 Å². The van der Waals surface area contributed by atoms with Gasteiger partial charge in [0.2, 0.25) is 20.0 Å². The second kappa shape index (κ2) is 8.01. The Morgan fingerprint density at radius 2 is 1.68 bits per heavy atom. The van der Waals surface area contributed by atoms with E-state index in [1.165, 1.54) is 34.0 Å². The van der Waals surface area contributed by atoms with Crippen LogP contribution in [0.3, 0.4) is 0 Å². The van der Waals surface area contributed by atoms with E-state index >= 15 is 0 Å². The van der Waals surface area contributed by atoms with Crippen molar-refractivity contribution in [3.8, 4) is 0 Å². The van der Waals surface area contributed by atoms with Gasteiger partial charge in [-0.05, 0) is 32.9 Å². The van der Waals surface area contributed by atoms with Crippen LogP contribution in [0.1, 0.15) is 16.2 Å². The van der Waals surface area contributed by atoms with Gasteiger partial charge in [0.05, 0.1) is 10.6 Å². The lowest BCUT2D eigenvalue weighted by Gasteiger charge is -2.34. The van der Waals surface area contributed by atoms with Crippen LogP contribution < -0.4 is 0 Å². The standard InChI is InChI=1S/C15H27N3O4S3/c1-13-12-15(14(2)23-13)25(21,22)18-9-7-17(8-10-18)6-5-11-24(19,20)16(3)4/h12H,5-11H2,1-4H3. The molecule has 0 radical (unpaired) electrons. The van der Waals surface area contributed by atoms with Gasteiger partial charge in [0.25, 0.3) is 0 Å². The monoisotopic (exact) mass is 409 g/mol. The summed E-state index contributed by atoms with van der Waals surface area (Å²) in [6.07, 6.45) is 0.552. The zero-order chi connectivity index (χ0) is 18.8. The van der Waals surface area contributed by atoms with E-state index in [-0.39, 0.29) is 5.75 Å². The summed E-state index contributed by atoms with van der Waals surface area (Å²) in [6.45, 7) is 6.56. The molecule has 2 heterocycles. The molecular weight excluding hydrogens is 382 g/mol. The topological polar surface area (TPSA) is 78.0 Å². The normalized spacial score (nSPS) is 18.1. The predicted octanol–water partition coefficient (Wildman–Crippen LogP) is 0.953. The summed E-state index contributed by atoms with van der Waals surface area (Å²) >= 11 is 1.50. The quantitative estimate of drug-likeness (QED) is 0.670. The lowest BCUT2D eigenvalue weighted by atomic mass is 10.3. The molecule has 10 heteroatoms. The molecule has 0 spiro atoms. The van der Waals surface area contributed by atoms with Crippen LogP contribution in [0.5, 0.6) is 0 Å². The van der Waals surface area contributed by atoms with E-state index in [1.807, 2.05) is 13.8 Å². The molecule has 0 amide bonds. The van der Waals surface area contributed by atoms with Crippen molar-refractivity contribution < 1.29 is 16.8 Å². The molecule has 1 aliphatic heterocycles. The molecule has 7 nitrogen and oxygen atoms in total. The first-order valence-electron chi connectivity index (χ1n) is 8.24. The van der Waals surface area contributed by atoms with Crippen molar-refractivity contribution in [2.45, 2.75) is 25.2 Å². The highest BCUT2D eigenvalue weighted by Crippen LogP contribution is 2.28. The third-order valence-electron chi connectivity index (χ3n) is 4.38. The maximum Gasteiger partial charge on any atom is 0.244 e. The van der Waals surface area contributed by atoms with Gasteiger partial charge in [-0.15, -0.1) is 11.3 Å². The molecule has 0 saturated carbocycles. The van der Waals surface area contributed by atoms with E-state index in [4.69, 9.17) is 0 Å². The van der Waals surface area contributed by atoms with E-state index in [0.29, 0.717) is 44.0 Å². The molecule has 1 fully saturated rings. The van der Waals surface area contributed by atoms with E-state index in [9.17, 15) is 16.8 Å². The van der Waals surface area contributed by atoms with Crippen LogP contribution in [-0.4, -0.2) is 82.9 Å². The molecule has 1 aliphatic rings. The summed E-state index contributed by atoms with van der Waals surface area (Å²) in [5, 5.41) is 0. The van der Waals surface area contributed by atoms with Crippen LogP contribution in [-0.2, 0) is 20.0 Å². The number of hydrogen-bond acceptors (Lipinski definition) is 6. The molecule has 0 unspecified atom stereocenters. The number of aryl methyl sites for hydroxylation is 2. The average molecular weight is 410 g/mol. The van der Waals surface area contributed by atoms with E-state index in [1.54, 1.807) is 6.07 Å². The maximum absolute atomic E-state index is 12.8. The Morgan fingerprint density at radius 3 is 2.16 bits per heavy atom. The smallest absolute Gasteiger partial charge is 0.244 e. The number of nitrogens with zero attached hydrogens (tertiary/aromatic N) is 3. The summed E-state index contributed by atoms with van der Waals surface area (Å²) in [4.78, 5) is 4.37. The molecule has 1 aromatic heterocycles. The Labute approximate surface area is 155 Å². The van der Waals surface area contributed by atoms with Crippen LogP contribution in [0.15, 0.2) is 11.0 Å². The second-order valence-electron chi connectivity index (χ2n) is 6.48. The molecule has 1 aromatic rings. The molecule has 0 bridgehead atoms. The Hall–Kier alpha value is -0.520. The van der Waals surface area contributed by atoms with Gasteiger partial charge >= 0.3 is 0 Å². The lowest BCUT2D eigenvalue weighted by molar-refractivity contribution is 0.189. The van der Waals surface area contributed by atoms with Crippen LogP contribution in [0.2, 0.25) is 0 Å². The van der Waals surface area contributed by atoms with Gasteiger partial charge < -0.3 is 4.90 Å². The van der Waals surface area contributed by atoms with Crippen molar-refractivity contribution in [1.82, 2.24) is 13.5 Å². The van der Waals surface area contributed by atoms with Crippen LogP contribution in [0.4, 0.5) is 0 Å². The molecule has 0 aliphatic carbocycles. The van der Waals surface area contributed by atoms with Gasteiger partial charge in [-0.1, -0.05) is 0 Å². The highest BCUT2D eigenvalue weighted by molar-refractivity contribution is 7.89. The Bertz CT molecular complexity index is 792. The Morgan fingerprint density at radius 1 is 1.08 bits per heavy atom. The fourth-order valence-corrected chi connectivity index (χ4v) is 6.65. The first kappa shape index (κ1) is 20.8. The largest absolute Gasteiger partial charge is 0.301 e. The van der Waals surface area contributed by atoms with Crippen molar-refractivity contribution in [2.24, 2.45) is 0 Å². The zero-order valence-corrected chi connectivity index (χ0v) is 17.7. The summed E-state index contributed by atoms with van der Waals surface area (Å²) < 4.78 is 51.9. The Balaban J connectivity index is 1.88. The molecular formula is C15H27N3O4S3. The summed E-state index contributed by atoms with van der Waals surface area (Å²) in [7, 11) is -3.54. The molecule has 0 atom stereocenters. The average Bonchev–Trinajstić information content (AvgIpc) is 2.87. The van der Waals surface area contributed by atoms with Crippen molar-refractivity contribution in [3.63, 3.8) is 0 Å². The summed E-state index contributed by atoms with van der Waals surface area (Å²) in [5.74, 6) is 0.117. The SMILES string of the molecule is Cc1cc(S(=O)(=O)N2CCN(CCCS(=O)(=O)N(C)C)CC2)c(C)s1. The maximum atomic E-state index is 12.8. The van der Waals surface area contributed by atoms with Crippen LogP contribution in [0.25, 0.3) is 0 Å². The van der Waals surface area contributed by atoms with Crippen molar-refractivity contribution in [2.75, 3.05) is 52.6 Å². The second-order valence-corrected chi connectivity index (χ2v) is 12.1. The Kier molecular flexibility index (Phi) is 6.66. The summed E-state index contributed by atoms with van der Waals surface area (Å²) in [6, 6.07) is 1.74. The number of thiophene rings is 1. The third kappa shape index (κ3) is 5.01. The minimum atomic E-state index is -3.44. The van der Waals surface area contributed by atoms with E-state index in [2.05, 4.69) is 4.90 Å². The molecule has 1 saturated heterocycles. The molecule has 144 valence electrons. The first-order chi connectivity index (χ1) is 11.5. The third-order valence-corrected chi connectivity index (χ3v) is 9.41. The fourth-order valence-electron chi connectivity index (χ4n) is 2.85. The zero-order valence-electron chi connectivity index (χ0n) is 15.2. The summed E-state index contributed by atoms with van der Waals surface area (Å²) in [5.41, 5.74) is 0. The van der Waals surface area contributed by atoms with E-state index < -0.39 is 20.0 Å². The van der Waals surface area contributed by atoms with Gasteiger partial charge in [-0.25, -0.2) is 21.1 Å². The highest BCUT2D eigenvalue weighted by atomic mass is 32.2. The number of sulfonamides is 2. The molecule has 0 N–H and O–H groups in total. The minimum Gasteiger partial charge on any atom is -0.301 e. The van der Waals surface area contributed by atoms with E-state index in [0.717, 1.165) is 9.75 Å². The molecule has 25 heavy (non-hydrogen) atoms. The van der Waals surface area contributed by atoms with Gasteiger partial charge in [0, 0.05) is 50.0 Å².